The Balaban J connectivity index is 2.85. The average molecular weight is 197 g/mol. The van der Waals surface area contributed by atoms with Gasteiger partial charge in [-0.3, -0.25) is 5.41 Å². The van der Waals surface area contributed by atoms with E-state index in [0.717, 1.165) is 0 Å². The van der Waals surface area contributed by atoms with Gasteiger partial charge in [-0.1, -0.05) is 6.07 Å². The number of guanidine groups is 1. The van der Waals surface area contributed by atoms with Crippen molar-refractivity contribution in [2.75, 3.05) is 11.6 Å². The lowest BCUT2D eigenvalue weighted by Crippen LogP contribution is -2.20. The van der Waals surface area contributed by atoms with Gasteiger partial charge in [-0.15, -0.1) is 0 Å². The summed E-state index contributed by atoms with van der Waals surface area (Å²) in [5.74, 6) is -0.126. The van der Waals surface area contributed by atoms with Crippen LogP contribution in [0.4, 0.5) is 5.69 Å². The highest BCUT2D eigenvalue weighted by molar-refractivity contribution is 7.90. The molecule has 0 saturated carbocycles. The highest BCUT2D eigenvalue weighted by Gasteiger charge is 2.04. The smallest absolute Gasteiger partial charge is 0.190 e. The first kappa shape index (κ1) is 9.88. The van der Waals surface area contributed by atoms with Crippen LogP contribution in [0.15, 0.2) is 29.2 Å². The second kappa shape index (κ2) is 4.15. The summed E-state index contributed by atoms with van der Waals surface area (Å²) in [7, 11) is 0. The first-order valence-corrected chi connectivity index (χ1v) is 5.20. The van der Waals surface area contributed by atoms with E-state index in [9.17, 15) is 4.55 Å². The lowest BCUT2D eigenvalue weighted by molar-refractivity contribution is 0.601. The number of nitrogens with two attached hydrogens (primary N) is 1. The molecular weight excluding hydrogens is 186 g/mol. The van der Waals surface area contributed by atoms with Gasteiger partial charge in [0.15, 0.2) is 10.9 Å². The second-order valence-corrected chi connectivity index (χ2v) is 3.90. The van der Waals surface area contributed by atoms with Crippen LogP contribution in [0.25, 0.3) is 0 Å². The van der Waals surface area contributed by atoms with Gasteiger partial charge < -0.3 is 15.6 Å². The Morgan fingerprint density at radius 2 is 2.31 bits per heavy atom. The summed E-state index contributed by atoms with van der Waals surface area (Å²) in [5, 5.41) is 9.63. The van der Waals surface area contributed by atoms with Gasteiger partial charge in [-0.25, -0.2) is 0 Å². The molecule has 1 atom stereocenters. The molecule has 0 heterocycles. The highest BCUT2D eigenvalue weighted by Crippen LogP contribution is 2.14. The van der Waals surface area contributed by atoms with Crippen LogP contribution in [-0.4, -0.2) is 16.8 Å². The van der Waals surface area contributed by atoms with E-state index in [2.05, 4.69) is 5.32 Å². The lowest BCUT2D eigenvalue weighted by Gasteiger charge is -2.07. The maximum Gasteiger partial charge on any atom is 0.190 e. The highest BCUT2D eigenvalue weighted by atomic mass is 32.2. The van der Waals surface area contributed by atoms with Gasteiger partial charge >= 0.3 is 0 Å². The van der Waals surface area contributed by atoms with Crippen molar-refractivity contribution in [1.82, 2.24) is 0 Å². The molecule has 0 aliphatic heterocycles. The zero-order valence-corrected chi connectivity index (χ0v) is 8.02. The summed E-state index contributed by atoms with van der Waals surface area (Å²) in [5.41, 5.74) is 5.83. The zero-order chi connectivity index (χ0) is 9.84. The number of hydrogen-bond donors (Lipinski definition) is 3. The summed E-state index contributed by atoms with van der Waals surface area (Å²) in [6.45, 7) is 0. The summed E-state index contributed by atoms with van der Waals surface area (Å²) in [6.07, 6.45) is 1.60. The third-order valence-corrected chi connectivity index (χ3v) is 2.36. The molecule has 4 N–H and O–H groups in total. The van der Waals surface area contributed by atoms with E-state index >= 15 is 0 Å². The minimum atomic E-state index is -1.01. The molecule has 70 valence electrons. The largest absolute Gasteiger partial charge is 0.612 e. The van der Waals surface area contributed by atoms with Gasteiger partial charge in [0.05, 0.1) is 0 Å². The standard InChI is InChI=1S/C8H11N3OS/c1-13(12)7-4-2-3-6(5-7)11-8(9)10/h2-5H,1H3,(H4,9,10,11). The van der Waals surface area contributed by atoms with E-state index in [1.165, 1.54) is 0 Å². The summed E-state index contributed by atoms with van der Waals surface area (Å²) >= 11 is -1.01. The Morgan fingerprint density at radius 3 is 2.85 bits per heavy atom. The fourth-order valence-electron chi connectivity index (χ4n) is 0.908. The quantitative estimate of drug-likeness (QED) is 0.371. The number of rotatable bonds is 2. The molecule has 0 aliphatic rings. The van der Waals surface area contributed by atoms with E-state index in [1.807, 2.05) is 0 Å². The van der Waals surface area contributed by atoms with Crippen LogP contribution in [0, 0.1) is 5.41 Å². The molecule has 0 amide bonds. The fraction of sp³-hybridized carbons (Fsp3) is 0.125. The third kappa shape index (κ3) is 2.96. The molecule has 1 unspecified atom stereocenters. The van der Waals surface area contributed by atoms with Gasteiger partial charge in [0.25, 0.3) is 0 Å². The molecule has 1 aromatic carbocycles. The summed E-state index contributed by atoms with van der Waals surface area (Å²) in [4.78, 5) is 0.714. The van der Waals surface area contributed by atoms with Gasteiger partial charge in [0.1, 0.15) is 6.26 Å². The Morgan fingerprint density at radius 1 is 1.62 bits per heavy atom. The van der Waals surface area contributed by atoms with Gasteiger partial charge in [0, 0.05) is 11.8 Å². The van der Waals surface area contributed by atoms with Crippen molar-refractivity contribution < 1.29 is 4.55 Å². The van der Waals surface area contributed by atoms with E-state index in [1.54, 1.807) is 30.5 Å². The van der Waals surface area contributed by atoms with Crippen LogP contribution in [0.5, 0.6) is 0 Å². The molecule has 5 heteroatoms. The van der Waals surface area contributed by atoms with Crippen molar-refractivity contribution >= 4 is 22.8 Å². The van der Waals surface area contributed by atoms with E-state index in [-0.39, 0.29) is 5.96 Å². The molecule has 0 aliphatic carbocycles. The molecule has 1 rings (SSSR count). The van der Waals surface area contributed by atoms with Crippen LogP contribution in [-0.2, 0) is 11.2 Å². The molecule has 4 nitrogen and oxygen atoms in total. The molecule has 0 spiro atoms. The molecule has 1 aromatic rings. The molecule has 0 fully saturated rings. The minimum absolute atomic E-state index is 0.126. The van der Waals surface area contributed by atoms with Gasteiger partial charge in [0.2, 0.25) is 0 Å². The minimum Gasteiger partial charge on any atom is -0.612 e. The second-order valence-electron chi connectivity index (χ2n) is 2.52. The Hall–Kier alpha value is -1.20. The monoisotopic (exact) mass is 197 g/mol. The molecule has 0 bridgehead atoms. The third-order valence-electron chi connectivity index (χ3n) is 1.44. The van der Waals surface area contributed by atoms with Crippen LogP contribution in [0.3, 0.4) is 0 Å². The average Bonchev–Trinajstić information content (AvgIpc) is 2.03. The molecular formula is C8H11N3OS. The van der Waals surface area contributed by atoms with Crippen molar-refractivity contribution in [2.45, 2.75) is 4.90 Å². The van der Waals surface area contributed by atoms with Crippen molar-refractivity contribution in [3.63, 3.8) is 0 Å². The Bertz CT molecular complexity index is 314. The topological polar surface area (TPSA) is 85.0 Å². The molecule has 0 saturated heterocycles. The Labute approximate surface area is 79.8 Å². The van der Waals surface area contributed by atoms with E-state index in [4.69, 9.17) is 11.1 Å². The molecule has 0 aromatic heterocycles. The number of nitrogens with one attached hydrogen (secondary N) is 2. The van der Waals surface area contributed by atoms with Gasteiger partial charge in [-0.05, 0) is 23.3 Å². The predicted molar refractivity (Wildman–Crippen MR) is 54.3 cm³/mol. The van der Waals surface area contributed by atoms with Crippen molar-refractivity contribution in [1.29, 1.82) is 5.41 Å². The normalized spacial score (nSPS) is 12.2. The maximum atomic E-state index is 11.1. The van der Waals surface area contributed by atoms with Gasteiger partial charge in [-0.2, -0.15) is 0 Å². The van der Waals surface area contributed by atoms with E-state index < -0.39 is 11.2 Å². The lowest BCUT2D eigenvalue weighted by atomic mass is 10.3. The molecule has 0 radical (unpaired) electrons. The Kier molecular flexibility index (Phi) is 3.16. The first-order chi connectivity index (χ1) is 6.09. The van der Waals surface area contributed by atoms with Crippen molar-refractivity contribution in [3.05, 3.63) is 24.3 Å². The van der Waals surface area contributed by atoms with Crippen LogP contribution in [0.2, 0.25) is 0 Å². The van der Waals surface area contributed by atoms with Crippen LogP contribution >= 0.6 is 0 Å². The number of benzene rings is 1. The predicted octanol–water partition coefficient (Wildman–Crippen LogP) is 0.729. The van der Waals surface area contributed by atoms with Crippen LogP contribution in [0.1, 0.15) is 0 Å². The van der Waals surface area contributed by atoms with E-state index in [0.29, 0.717) is 10.6 Å². The van der Waals surface area contributed by atoms with Crippen LogP contribution < -0.4 is 11.1 Å². The molecule has 13 heavy (non-hydrogen) atoms. The summed E-state index contributed by atoms with van der Waals surface area (Å²) < 4.78 is 11.1. The van der Waals surface area contributed by atoms with Crippen molar-refractivity contribution in [3.8, 4) is 0 Å². The number of hydrogen-bond acceptors (Lipinski definition) is 2. The summed E-state index contributed by atoms with van der Waals surface area (Å²) in [6, 6.07) is 7.00. The van der Waals surface area contributed by atoms with Crippen molar-refractivity contribution in [2.24, 2.45) is 5.73 Å². The fourth-order valence-corrected chi connectivity index (χ4v) is 1.47. The first-order valence-electron chi connectivity index (χ1n) is 3.64. The SMILES string of the molecule is C[S+]([O-])c1cccc(NC(=N)N)c1. The zero-order valence-electron chi connectivity index (χ0n) is 7.20. The maximum absolute atomic E-state index is 11.1. The number of anilines is 1.